The summed E-state index contributed by atoms with van der Waals surface area (Å²) in [6.45, 7) is 3.44. The summed E-state index contributed by atoms with van der Waals surface area (Å²) >= 11 is 0. The summed E-state index contributed by atoms with van der Waals surface area (Å²) in [7, 11) is 0. The Kier molecular flexibility index (Phi) is 3.65. The van der Waals surface area contributed by atoms with Crippen LogP contribution in [0.3, 0.4) is 0 Å². The van der Waals surface area contributed by atoms with E-state index in [1.54, 1.807) is 6.07 Å². The van der Waals surface area contributed by atoms with Crippen LogP contribution in [0.4, 0.5) is 5.69 Å². The monoisotopic (exact) mass is 309 g/mol. The van der Waals surface area contributed by atoms with E-state index in [4.69, 9.17) is 0 Å². The van der Waals surface area contributed by atoms with Crippen LogP contribution >= 0.6 is 0 Å². The lowest BCUT2D eigenvalue weighted by atomic mass is 10.1. The third kappa shape index (κ3) is 2.59. The molecule has 1 aliphatic rings. The van der Waals surface area contributed by atoms with Crippen molar-refractivity contribution in [2.75, 3.05) is 11.9 Å². The predicted octanol–water partition coefficient (Wildman–Crippen LogP) is 1.93. The second-order valence-corrected chi connectivity index (χ2v) is 5.41. The smallest absolute Gasteiger partial charge is 0.280 e. The van der Waals surface area contributed by atoms with Crippen LogP contribution < -0.4 is 5.32 Å². The van der Waals surface area contributed by atoms with E-state index < -0.39 is 17.7 Å². The van der Waals surface area contributed by atoms with Crippen LogP contribution in [0, 0.1) is 13.8 Å². The molecule has 0 bridgehead atoms. The van der Waals surface area contributed by atoms with E-state index in [9.17, 15) is 14.4 Å². The molecule has 1 aliphatic heterocycles. The van der Waals surface area contributed by atoms with Crippen molar-refractivity contribution in [3.63, 3.8) is 0 Å². The maximum Gasteiger partial charge on any atom is 0.280 e. The Balaban J connectivity index is 1.77. The van der Waals surface area contributed by atoms with Gasteiger partial charge in [0, 0.05) is 11.9 Å². The maximum atomic E-state index is 12.2. The zero-order chi connectivity index (χ0) is 16.6. The molecule has 1 aromatic heterocycles. The lowest BCUT2D eigenvalue weighted by molar-refractivity contribution is -0.116. The van der Waals surface area contributed by atoms with Crippen LogP contribution in [0.5, 0.6) is 0 Å². The number of imide groups is 1. The van der Waals surface area contributed by atoms with E-state index in [0.717, 1.165) is 16.0 Å². The molecule has 1 N–H and O–H groups in total. The predicted molar refractivity (Wildman–Crippen MR) is 84.1 cm³/mol. The molecule has 2 aromatic rings. The molecule has 3 amide bonds. The second kappa shape index (κ2) is 5.64. The number of hydrogen-bond acceptors (Lipinski definition) is 4. The molecular formula is C17H15N3O3. The molecule has 2 heterocycles. The molecule has 0 aliphatic carbocycles. The van der Waals surface area contributed by atoms with E-state index in [1.165, 1.54) is 12.3 Å². The number of para-hydroxylation sites is 1. The highest BCUT2D eigenvalue weighted by Gasteiger charge is 2.37. The zero-order valence-corrected chi connectivity index (χ0v) is 12.8. The summed E-state index contributed by atoms with van der Waals surface area (Å²) in [4.78, 5) is 41.5. The first kappa shape index (κ1) is 14.9. The molecule has 0 saturated heterocycles. The summed E-state index contributed by atoms with van der Waals surface area (Å²) in [6, 6.07) is 8.79. The third-order valence-electron chi connectivity index (χ3n) is 3.78. The number of anilines is 1. The molecule has 6 nitrogen and oxygen atoms in total. The Morgan fingerprint density at radius 1 is 1.09 bits per heavy atom. The molecule has 0 unspecified atom stereocenters. The van der Waals surface area contributed by atoms with Gasteiger partial charge in [-0.1, -0.05) is 18.2 Å². The van der Waals surface area contributed by atoms with E-state index in [2.05, 4.69) is 10.3 Å². The van der Waals surface area contributed by atoms with Crippen molar-refractivity contribution in [2.45, 2.75) is 13.8 Å². The van der Waals surface area contributed by atoms with E-state index in [1.807, 2.05) is 32.0 Å². The van der Waals surface area contributed by atoms with Crippen molar-refractivity contribution in [3.05, 3.63) is 58.9 Å². The summed E-state index contributed by atoms with van der Waals surface area (Å²) < 4.78 is 0. The molecule has 0 radical (unpaired) electrons. The van der Waals surface area contributed by atoms with Gasteiger partial charge in [-0.05, 0) is 37.1 Å². The van der Waals surface area contributed by atoms with Crippen molar-refractivity contribution in [3.8, 4) is 0 Å². The zero-order valence-electron chi connectivity index (χ0n) is 12.8. The molecule has 0 spiro atoms. The lowest BCUT2D eigenvalue weighted by Gasteiger charge is -2.15. The molecule has 1 aromatic carbocycles. The van der Waals surface area contributed by atoms with Gasteiger partial charge in [-0.25, -0.2) is 0 Å². The van der Waals surface area contributed by atoms with Crippen LogP contribution in [0.1, 0.15) is 32.0 Å². The number of carbonyl (C=O) groups excluding carboxylic acids is 3. The standard InChI is InChI=1S/C17H15N3O3/c1-10-5-3-6-11(2)14(10)19-13(21)9-20-16(22)12-7-4-8-18-15(12)17(20)23/h3-8H,9H2,1-2H3,(H,19,21). The highest BCUT2D eigenvalue weighted by Crippen LogP contribution is 2.22. The molecule has 0 atom stereocenters. The van der Waals surface area contributed by atoms with E-state index in [0.29, 0.717) is 5.69 Å². The van der Waals surface area contributed by atoms with Gasteiger partial charge in [0.25, 0.3) is 11.8 Å². The number of hydrogen-bond donors (Lipinski definition) is 1. The fourth-order valence-corrected chi connectivity index (χ4v) is 2.59. The van der Waals surface area contributed by atoms with Crippen LogP contribution in [0.2, 0.25) is 0 Å². The SMILES string of the molecule is Cc1cccc(C)c1NC(=O)CN1C(=O)c2cccnc2C1=O. The number of benzene rings is 1. The van der Waals surface area contributed by atoms with Gasteiger partial charge < -0.3 is 5.32 Å². The average Bonchev–Trinajstić information content (AvgIpc) is 2.77. The number of pyridine rings is 1. The minimum atomic E-state index is -0.540. The molecular weight excluding hydrogens is 294 g/mol. The number of nitrogens with one attached hydrogen (secondary N) is 1. The molecule has 6 heteroatoms. The van der Waals surface area contributed by atoms with E-state index in [-0.39, 0.29) is 17.8 Å². The van der Waals surface area contributed by atoms with Crippen LogP contribution in [-0.4, -0.2) is 34.2 Å². The molecule has 23 heavy (non-hydrogen) atoms. The van der Waals surface area contributed by atoms with Gasteiger partial charge in [0.2, 0.25) is 5.91 Å². The van der Waals surface area contributed by atoms with Crippen molar-refractivity contribution in [1.29, 1.82) is 0 Å². The normalized spacial score (nSPS) is 13.2. The number of nitrogens with zero attached hydrogens (tertiary/aromatic N) is 2. The quantitative estimate of drug-likeness (QED) is 0.879. The van der Waals surface area contributed by atoms with Gasteiger partial charge in [0.05, 0.1) is 5.56 Å². The van der Waals surface area contributed by atoms with Gasteiger partial charge in [-0.2, -0.15) is 0 Å². The first-order valence-corrected chi connectivity index (χ1v) is 7.16. The van der Waals surface area contributed by atoms with Gasteiger partial charge in [-0.15, -0.1) is 0 Å². The topological polar surface area (TPSA) is 79.4 Å². The molecule has 0 fully saturated rings. The van der Waals surface area contributed by atoms with Crippen molar-refractivity contribution in [1.82, 2.24) is 9.88 Å². The minimum Gasteiger partial charge on any atom is -0.324 e. The summed E-state index contributed by atoms with van der Waals surface area (Å²) in [6.07, 6.45) is 1.45. The second-order valence-electron chi connectivity index (χ2n) is 5.41. The van der Waals surface area contributed by atoms with Crippen LogP contribution in [0.15, 0.2) is 36.5 Å². The van der Waals surface area contributed by atoms with Crippen molar-refractivity contribution < 1.29 is 14.4 Å². The number of aromatic nitrogens is 1. The summed E-state index contributed by atoms with van der Waals surface area (Å²) in [5.74, 6) is -1.45. The fourth-order valence-electron chi connectivity index (χ4n) is 2.59. The Hall–Kier alpha value is -3.02. The third-order valence-corrected chi connectivity index (χ3v) is 3.78. The highest BCUT2D eigenvalue weighted by atomic mass is 16.2. The minimum absolute atomic E-state index is 0.0948. The average molecular weight is 309 g/mol. The van der Waals surface area contributed by atoms with Crippen molar-refractivity contribution >= 4 is 23.4 Å². The van der Waals surface area contributed by atoms with Crippen LogP contribution in [0.25, 0.3) is 0 Å². The molecule has 3 rings (SSSR count). The number of aryl methyl sites for hydroxylation is 2. The number of fused-ring (bicyclic) bond motifs is 1. The Morgan fingerprint density at radius 2 is 1.78 bits per heavy atom. The van der Waals surface area contributed by atoms with Gasteiger partial charge >= 0.3 is 0 Å². The van der Waals surface area contributed by atoms with E-state index >= 15 is 0 Å². The van der Waals surface area contributed by atoms with Gasteiger partial charge in [0.1, 0.15) is 12.2 Å². The highest BCUT2D eigenvalue weighted by molar-refractivity contribution is 6.21. The number of carbonyl (C=O) groups is 3. The maximum absolute atomic E-state index is 12.2. The summed E-state index contributed by atoms with van der Waals surface area (Å²) in [5, 5.41) is 2.77. The first-order valence-electron chi connectivity index (χ1n) is 7.16. The Labute approximate surface area is 133 Å². The lowest BCUT2D eigenvalue weighted by Crippen LogP contribution is -2.37. The number of amides is 3. The summed E-state index contributed by atoms with van der Waals surface area (Å²) in [5.41, 5.74) is 2.87. The largest absolute Gasteiger partial charge is 0.324 e. The Bertz CT molecular complexity index is 774. The first-order chi connectivity index (χ1) is 11.0. The molecule has 0 saturated carbocycles. The van der Waals surface area contributed by atoms with Gasteiger partial charge in [0.15, 0.2) is 0 Å². The van der Waals surface area contributed by atoms with Crippen LogP contribution in [-0.2, 0) is 4.79 Å². The fraction of sp³-hybridized carbons (Fsp3) is 0.176. The molecule has 116 valence electrons. The van der Waals surface area contributed by atoms with Crippen molar-refractivity contribution in [2.24, 2.45) is 0 Å². The number of rotatable bonds is 3. The van der Waals surface area contributed by atoms with Gasteiger partial charge in [-0.3, -0.25) is 24.3 Å². The Morgan fingerprint density at radius 3 is 2.43 bits per heavy atom.